The van der Waals surface area contributed by atoms with E-state index in [-0.39, 0.29) is 0 Å². The lowest BCUT2D eigenvalue weighted by atomic mass is 10.1. The minimum absolute atomic E-state index is 0.638. The molecule has 1 fully saturated rings. The van der Waals surface area contributed by atoms with E-state index in [2.05, 4.69) is 33.0 Å². The Balaban J connectivity index is 1.54. The molecule has 0 amide bonds. The fourth-order valence-corrected chi connectivity index (χ4v) is 3.84. The number of benzene rings is 2. The molecule has 0 saturated carbocycles. The molecule has 0 spiro atoms. The van der Waals surface area contributed by atoms with Crippen LogP contribution in [-0.4, -0.2) is 36.1 Å². The second-order valence-electron chi connectivity index (χ2n) is 7.07. The van der Waals surface area contributed by atoms with E-state index >= 15 is 0 Å². The van der Waals surface area contributed by atoms with Gasteiger partial charge in [0.05, 0.1) is 28.4 Å². The summed E-state index contributed by atoms with van der Waals surface area (Å²) in [5.41, 5.74) is 4.49. The molecular weight excluding hydrogens is 346 g/mol. The highest BCUT2D eigenvalue weighted by Crippen LogP contribution is 2.30. The van der Waals surface area contributed by atoms with Crippen molar-refractivity contribution in [3.05, 3.63) is 71.4 Å². The minimum atomic E-state index is 0.638. The normalized spacial score (nSPS) is 15.0. The number of para-hydroxylation sites is 1. The van der Waals surface area contributed by atoms with Crippen LogP contribution in [-0.2, 0) is 6.54 Å². The van der Waals surface area contributed by atoms with E-state index in [1.165, 1.54) is 5.56 Å². The molecule has 1 aliphatic rings. The van der Waals surface area contributed by atoms with Gasteiger partial charge in [0, 0.05) is 44.3 Å². The monoisotopic (exact) mass is 367 g/mol. The van der Waals surface area contributed by atoms with E-state index in [9.17, 15) is 5.26 Å². The van der Waals surface area contributed by atoms with Crippen molar-refractivity contribution in [2.24, 2.45) is 0 Å². The van der Waals surface area contributed by atoms with Gasteiger partial charge in [0.25, 0.3) is 0 Å². The van der Waals surface area contributed by atoms with Crippen LogP contribution in [0.25, 0.3) is 10.9 Å². The molecular formula is C23H21N5. The number of fused-ring (bicyclic) bond motifs is 1. The van der Waals surface area contributed by atoms with Gasteiger partial charge >= 0.3 is 0 Å². The molecule has 2 aromatic carbocycles. The molecule has 1 aromatic heterocycles. The number of hydrogen-bond donors (Lipinski definition) is 0. The molecule has 5 nitrogen and oxygen atoms in total. The maximum Gasteiger partial charge on any atom is 0.103 e. The van der Waals surface area contributed by atoms with Crippen molar-refractivity contribution in [2.45, 2.75) is 13.0 Å². The molecule has 0 aliphatic carbocycles. The number of nitrogens with zero attached hydrogens (tertiary/aromatic N) is 5. The molecule has 3 aromatic rings. The summed E-state index contributed by atoms with van der Waals surface area (Å²) in [5.74, 6) is 0. The first-order valence-electron chi connectivity index (χ1n) is 9.52. The third kappa shape index (κ3) is 3.67. The Morgan fingerprint density at radius 3 is 2.50 bits per heavy atom. The lowest BCUT2D eigenvalue weighted by Crippen LogP contribution is -2.31. The van der Waals surface area contributed by atoms with Gasteiger partial charge in [-0.15, -0.1) is 0 Å². The molecule has 1 aliphatic heterocycles. The topological polar surface area (TPSA) is 67.0 Å². The van der Waals surface area contributed by atoms with Gasteiger partial charge in [0.1, 0.15) is 6.07 Å². The number of anilines is 1. The average Bonchev–Trinajstić information content (AvgIpc) is 2.98. The number of rotatable bonds is 3. The van der Waals surface area contributed by atoms with Crippen molar-refractivity contribution in [3.8, 4) is 12.1 Å². The molecule has 5 heteroatoms. The first-order chi connectivity index (χ1) is 13.8. The van der Waals surface area contributed by atoms with Crippen molar-refractivity contribution >= 4 is 16.6 Å². The largest absolute Gasteiger partial charge is 0.369 e. The lowest BCUT2D eigenvalue weighted by molar-refractivity contribution is 0.285. The van der Waals surface area contributed by atoms with E-state index in [4.69, 9.17) is 5.26 Å². The van der Waals surface area contributed by atoms with Crippen LogP contribution in [0.5, 0.6) is 0 Å². The Morgan fingerprint density at radius 2 is 1.71 bits per heavy atom. The van der Waals surface area contributed by atoms with E-state index in [1.54, 1.807) is 6.20 Å². The van der Waals surface area contributed by atoms with Crippen LogP contribution in [0.1, 0.15) is 23.1 Å². The minimum Gasteiger partial charge on any atom is -0.369 e. The number of hydrogen-bond acceptors (Lipinski definition) is 5. The predicted octanol–water partition coefficient (Wildman–Crippen LogP) is 3.69. The van der Waals surface area contributed by atoms with Crippen molar-refractivity contribution in [3.63, 3.8) is 0 Å². The van der Waals surface area contributed by atoms with E-state index in [1.807, 2.05) is 42.5 Å². The zero-order chi connectivity index (χ0) is 19.3. The Kier molecular flexibility index (Phi) is 5.19. The second kappa shape index (κ2) is 8.08. The summed E-state index contributed by atoms with van der Waals surface area (Å²) >= 11 is 0. The van der Waals surface area contributed by atoms with Crippen LogP contribution in [0.4, 0.5) is 5.69 Å². The van der Waals surface area contributed by atoms with E-state index < -0.39 is 0 Å². The van der Waals surface area contributed by atoms with Crippen molar-refractivity contribution < 1.29 is 0 Å². The Hall–Kier alpha value is -3.41. The van der Waals surface area contributed by atoms with Crippen molar-refractivity contribution in [1.82, 2.24) is 9.88 Å². The van der Waals surface area contributed by atoms with Gasteiger partial charge in [-0.25, -0.2) is 0 Å². The molecule has 1 saturated heterocycles. The molecule has 0 radical (unpaired) electrons. The van der Waals surface area contributed by atoms with Gasteiger partial charge < -0.3 is 4.90 Å². The molecule has 0 bridgehead atoms. The summed E-state index contributed by atoms with van der Waals surface area (Å²) in [6.45, 7) is 4.62. The van der Waals surface area contributed by atoms with Gasteiger partial charge in [-0.05, 0) is 30.2 Å². The first kappa shape index (κ1) is 18.0. The quantitative estimate of drug-likeness (QED) is 0.706. The maximum absolute atomic E-state index is 9.62. The predicted molar refractivity (Wildman–Crippen MR) is 110 cm³/mol. The first-order valence-corrected chi connectivity index (χ1v) is 9.52. The number of pyridine rings is 1. The Labute approximate surface area is 165 Å². The summed E-state index contributed by atoms with van der Waals surface area (Å²) in [6.07, 6.45) is 2.73. The standard InChI is InChI=1S/C23H21N5/c24-14-18-6-8-19(9-7-18)17-27-10-3-11-28(13-12-27)23-20(15-25)16-26-22-5-2-1-4-21(22)23/h1-2,4-9,16H,3,10-13,17H2. The number of nitriles is 2. The third-order valence-electron chi connectivity index (χ3n) is 5.26. The van der Waals surface area contributed by atoms with Gasteiger partial charge in [-0.3, -0.25) is 9.88 Å². The second-order valence-corrected chi connectivity index (χ2v) is 7.07. The highest BCUT2D eigenvalue weighted by molar-refractivity contribution is 5.94. The maximum atomic E-state index is 9.62. The van der Waals surface area contributed by atoms with Gasteiger partial charge in [0.2, 0.25) is 0 Å². The van der Waals surface area contributed by atoms with E-state index in [0.29, 0.717) is 11.1 Å². The van der Waals surface area contributed by atoms with Crippen molar-refractivity contribution in [2.75, 3.05) is 31.1 Å². The summed E-state index contributed by atoms with van der Waals surface area (Å²) in [4.78, 5) is 9.21. The molecule has 0 unspecified atom stereocenters. The van der Waals surface area contributed by atoms with Gasteiger partial charge in [-0.1, -0.05) is 30.3 Å². The Bertz CT molecular complexity index is 1060. The molecule has 2 heterocycles. The van der Waals surface area contributed by atoms with Crippen LogP contribution >= 0.6 is 0 Å². The summed E-state index contributed by atoms with van der Waals surface area (Å²) in [6, 6.07) is 20.3. The Morgan fingerprint density at radius 1 is 0.893 bits per heavy atom. The zero-order valence-corrected chi connectivity index (χ0v) is 15.7. The lowest BCUT2D eigenvalue weighted by Gasteiger charge is -2.25. The summed E-state index contributed by atoms with van der Waals surface area (Å²) < 4.78 is 0. The molecule has 138 valence electrons. The molecule has 4 rings (SSSR count). The van der Waals surface area contributed by atoms with Gasteiger partial charge in [-0.2, -0.15) is 10.5 Å². The smallest absolute Gasteiger partial charge is 0.103 e. The highest BCUT2D eigenvalue weighted by Gasteiger charge is 2.20. The van der Waals surface area contributed by atoms with Gasteiger partial charge in [0.15, 0.2) is 0 Å². The fraction of sp³-hybridized carbons (Fsp3) is 0.261. The van der Waals surface area contributed by atoms with Crippen LogP contribution in [0.2, 0.25) is 0 Å². The fourth-order valence-electron chi connectivity index (χ4n) is 3.84. The number of aromatic nitrogens is 1. The third-order valence-corrected chi connectivity index (χ3v) is 5.26. The zero-order valence-electron chi connectivity index (χ0n) is 15.7. The summed E-state index contributed by atoms with van der Waals surface area (Å²) in [5, 5.41) is 19.6. The molecule has 0 N–H and O–H groups in total. The van der Waals surface area contributed by atoms with Crippen LogP contribution < -0.4 is 4.90 Å². The van der Waals surface area contributed by atoms with Crippen LogP contribution in [0.15, 0.2) is 54.7 Å². The van der Waals surface area contributed by atoms with Crippen LogP contribution in [0, 0.1) is 22.7 Å². The highest BCUT2D eigenvalue weighted by atomic mass is 15.2. The molecule has 0 atom stereocenters. The molecule has 28 heavy (non-hydrogen) atoms. The van der Waals surface area contributed by atoms with Crippen molar-refractivity contribution in [1.29, 1.82) is 10.5 Å². The average molecular weight is 367 g/mol. The van der Waals surface area contributed by atoms with Crippen LogP contribution in [0.3, 0.4) is 0 Å². The van der Waals surface area contributed by atoms with E-state index in [0.717, 1.165) is 55.7 Å². The summed E-state index contributed by atoms with van der Waals surface area (Å²) in [7, 11) is 0. The SMILES string of the molecule is N#Cc1ccc(CN2CCCN(c3c(C#N)cnc4ccccc34)CC2)cc1.